The molecule has 1 aromatic rings. The normalized spacial score (nSPS) is 14.4. The molecule has 0 bridgehead atoms. The second-order valence-electron chi connectivity index (χ2n) is 5.69. The molecule has 0 aromatic heterocycles. The Hall–Kier alpha value is -0.820. The lowest BCUT2D eigenvalue weighted by Crippen LogP contribution is -2.21. The molecular formula is C17H29N. The van der Waals surface area contributed by atoms with Crippen LogP contribution in [0.2, 0.25) is 0 Å². The average Bonchev–Trinajstić information content (AvgIpc) is 2.38. The van der Waals surface area contributed by atoms with Crippen molar-refractivity contribution in [2.75, 3.05) is 6.54 Å². The minimum absolute atomic E-state index is 0.785. The van der Waals surface area contributed by atoms with E-state index in [-0.39, 0.29) is 0 Å². The molecule has 0 radical (unpaired) electrons. The monoisotopic (exact) mass is 247 g/mol. The Kier molecular flexibility index (Phi) is 7.75. The van der Waals surface area contributed by atoms with Gasteiger partial charge in [-0.25, -0.2) is 0 Å². The van der Waals surface area contributed by atoms with E-state index < -0.39 is 0 Å². The smallest absolute Gasteiger partial charge is 0.0205 e. The van der Waals surface area contributed by atoms with Crippen LogP contribution in [0.5, 0.6) is 0 Å². The lowest BCUT2D eigenvalue weighted by molar-refractivity contribution is 0.395. The van der Waals surface area contributed by atoms with Crippen molar-refractivity contribution >= 4 is 0 Å². The minimum Gasteiger partial charge on any atom is -0.312 e. The van der Waals surface area contributed by atoms with E-state index in [1.165, 1.54) is 31.2 Å². The third-order valence-corrected chi connectivity index (χ3v) is 3.60. The quantitative estimate of drug-likeness (QED) is 0.671. The first-order valence-electron chi connectivity index (χ1n) is 7.47. The zero-order valence-electron chi connectivity index (χ0n) is 12.3. The predicted molar refractivity (Wildman–Crippen MR) is 80.6 cm³/mol. The molecule has 2 atom stereocenters. The van der Waals surface area contributed by atoms with Gasteiger partial charge in [0.2, 0.25) is 0 Å². The van der Waals surface area contributed by atoms with Gasteiger partial charge in [0.1, 0.15) is 0 Å². The summed E-state index contributed by atoms with van der Waals surface area (Å²) < 4.78 is 0. The molecule has 18 heavy (non-hydrogen) atoms. The number of hydrogen-bond acceptors (Lipinski definition) is 1. The van der Waals surface area contributed by atoms with Crippen molar-refractivity contribution in [3.63, 3.8) is 0 Å². The summed E-state index contributed by atoms with van der Waals surface area (Å²) >= 11 is 0. The van der Waals surface area contributed by atoms with Crippen LogP contribution in [0.4, 0.5) is 0 Å². The maximum atomic E-state index is 3.56. The van der Waals surface area contributed by atoms with Crippen molar-refractivity contribution in [3.05, 3.63) is 35.9 Å². The molecule has 0 saturated carbocycles. The Balaban J connectivity index is 2.08. The van der Waals surface area contributed by atoms with Crippen LogP contribution in [-0.2, 0) is 6.54 Å². The van der Waals surface area contributed by atoms with Crippen molar-refractivity contribution in [1.29, 1.82) is 0 Å². The van der Waals surface area contributed by atoms with Gasteiger partial charge in [-0.1, -0.05) is 70.4 Å². The molecular weight excluding hydrogens is 218 g/mol. The summed E-state index contributed by atoms with van der Waals surface area (Å²) in [4.78, 5) is 0. The largest absolute Gasteiger partial charge is 0.312 e. The molecule has 2 unspecified atom stereocenters. The molecule has 1 aromatic carbocycles. The molecule has 0 aliphatic carbocycles. The zero-order valence-corrected chi connectivity index (χ0v) is 12.3. The first-order chi connectivity index (χ1) is 8.72. The molecule has 0 heterocycles. The van der Waals surface area contributed by atoms with Crippen molar-refractivity contribution in [2.24, 2.45) is 11.8 Å². The highest BCUT2D eigenvalue weighted by Crippen LogP contribution is 2.16. The second kappa shape index (κ2) is 9.16. The van der Waals surface area contributed by atoms with Gasteiger partial charge < -0.3 is 5.32 Å². The van der Waals surface area contributed by atoms with Gasteiger partial charge in [-0.3, -0.25) is 0 Å². The maximum Gasteiger partial charge on any atom is 0.0205 e. The Morgan fingerprint density at radius 1 is 0.944 bits per heavy atom. The van der Waals surface area contributed by atoms with E-state index >= 15 is 0 Å². The molecule has 1 N–H and O–H groups in total. The first kappa shape index (κ1) is 15.2. The van der Waals surface area contributed by atoms with Gasteiger partial charge in [0.15, 0.2) is 0 Å². The lowest BCUT2D eigenvalue weighted by atomic mass is 9.95. The van der Waals surface area contributed by atoms with E-state index in [1.807, 2.05) is 0 Å². The number of rotatable bonds is 9. The van der Waals surface area contributed by atoms with Crippen LogP contribution >= 0.6 is 0 Å². The summed E-state index contributed by atoms with van der Waals surface area (Å²) in [5.74, 6) is 1.68. The highest BCUT2D eigenvalue weighted by molar-refractivity contribution is 5.14. The SMILES string of the molecule is CCCC(C)CCC(C)CNCc1ccccc1. The van der Waals surface area contributed by atoms with Crippen LogP contribution in [0.15, 0.2) is 30.3 Å². The molecule has 1 heteroatoms. The molecule has 0 fully saturated rings. The van der Waals surface area contributed by atoms with Gasteiger partial charge in [0.25, 0.3) is 0 Å². The van der Waals surface area contributed by atoms with Crippen LogP contribution in [0, 0.1) is 11.8 Å². The third-order valence-electron chi connectivity index (χ3n) is 3.60. The summed E-state index contributed by atoms with van der Waals surface area (Å²) in [6.07, 6.45) is 5.43. The molecule has 0 spiro atoms. The molecule has 0 aliphatic heterocycles. The van der Waals surface area contributed by atoms with E-state index in [1.54, 1.807) is 0 Å². The average molecular weight is 247 g/mol. The number of benzene rings is 1. The van der Waals surface area contributed by atoms with Gasteiger partial charge in [-0.15, -0.1) is 0 Å². The van der Waals surface area contributed by atoms with Crippen LogP contribution < -0.4 is 5.32 Å². The van der Waals surface area contributed by atoms with E-state index in [0.29, 0.717) is 0 Å². The zero-order chi connectivity index (χ0) is 13.2. The van der Waals surface area contributed by atoms with Crippen molar-refractivity contribution in [3.8, 4) is 0 Å². The third kappa shape index (κ3) is 6.80. The maximum absolute atomic E-state index is 3.56. The number of hydrogen-bond donors (Lipinski definition) is 1. The lowest BCUT2D eigenvalue weighted by Gasteiger charge is -2.15. The van der Waals surface area contributed by atoms with E-state index in [9.17, 15) is 0 Å². The van der Waals surface area contributed by atoms with Crippen molar-refractivity contribution in [1.82, 2.24) is 5.32 Å². The second-order valence-corrected chi connectivity index (χ2v) is 5.69. The van der Waals surface area contributed by atoms with Crippen LogP contribution in [-0.4, -0.2) is 6.54 Å². The Morgan fingerprint density at radius 2 is 1.61 bits per heavy atom. The predicted octanol–water partition coefficient (Wildman–Crippen LogP) is 4.63. The highest BCUT2D eigenvalue weighted by Gasteiger charge is 2.05. The van der Waals surface area contributed by atoms with E-state index in [4.69, 9.17) is 0 Å². The summed E-state index contributed by atoms with van der Waals surface area (Å²) in [5, 5.41) is 3.56. The molecule has 1 rings (SSSR count). The summed E-state index contributed by atoms with van der Waals surface area (Å²) in [6.45, 7) is 9.15. The minimum atomic E-state index is 0.785. The van der Waals surface area contributed by atoms with Crippen molar-refractivity contribution < 1.29 is 0 Å². The van der Waals surface area contributed by atoms with Gasteiger partial charge in [0.05, 0.1) is 0 Å². The van der Waals surface area contributed by atoms with Crippen LogP contribution in [0.1, 0.15) is 52.0 Å². The van der Waals surface area contributed by atoms with Crippen LogP contribution in [0.25, 0.3) is 0 Å². The topological polar surface area (TPSA) is 12.0 Å². The highest BCUT2D eigenvalue weighted by atomic mass is 14.9. The standard InChI is InChI=1S/C17H29N/c1-4-8-15(2)11-12-16(3)13-18-14-17-9-6-5-7-10-17/h5-7,9-10,15-16,18H,4,8,11-14H2,1-3H3. The van der Waals surface area contributed by atoms with Gasteiger partial charge in [0, 0.05) is 6.54 Å². The molecule has 0 aliphatic rings. The summed E-state index contributed by atoms with van der Waals surface area (Å²) in [6, 6.07) is 10.6. The number of nitrogens with one attached hydrogen (secondary N) is 1. The van der Waals surface area contributed by atoms with Gasteiger partial charge in [-0.2, -0.15) is 0 Å². The Bertz CT molecular complexity index is 294. The fraction of sp³-hybridized carbons (Fsp3) is 0.647. The van der Waals surface area contributed by atoms with Crippen LogP contribution in [0.3, 0.4) is 0 Å². The van der Waals surface area contributed by atoms with E-state index in [0.717, 1.165) is 24.9 Å². The Labute approximate surface area is 113 Å². The van der Waals surface area contributed by atoms with E-state index in [2.05, 4.69) is 56.4 Å². The summed E-state index contributed by atoms with van der Waals surface area (Å²) in [7, 11) is 0. The fourth-order valence-electron chi connectivity index (χ4n) is 2.37. The molecule has 1 nitrogen and oxygen atoms in total. The summed E-state index contributed by atoms with van der Waals surface area (Å²) in [5.41, 5.74) is 1.38. The van der Waals surface area contributed by atoms with Gasteiger partial charge in [-0.05, 0) is 30.4 Å². The van der Waals surface area contributed by atoms with Gasteiger partial charge >= 0.3 is 0 Å². The fourth-order valence-corrected chi connectivity index (χ4v) is 2.37. The molecule has 0 saturated heterocycles. The first-order valence-corrected chi connectivity index (χ1v) is 7.47. The molecule has 0 amide bonds. The Morgan fingerprint density at radius 3 is 2.28 bits per heavy atom. The van der Waals surface area contributed by atoms with Crippen molar-refractivity contribution in [2.45, 2.75) is 53.0 Å². The molecule has 102 valence electrons.